The third-order valence-electron chi connectivity index (χ3n) is 3.92. The molecule has 6 heteroatoms. The van der Waals surface area contributed by atoms with Crippen molar-refractivity contribution < 1.29 is 13.2 Å². The van der Waals surface area contributed by atoms with Crippen molar-refractivity contribution in [1.29, 1.82) is 0 Å². The van der Waals surface area contributed by atoms with E-state index >= 15 is 0 Å². The summed E-state index contributed by atoms with van der Waals surface area (Å²) in [6.45, 7) is 2.29. The molecule has 0 spiro atoms. The first-order chi connectivity index (χ1) is 10.3. The van der Waals surface area contributed by atoms with Gasteiger partial charge in [-0.25, -0.2) is 13.2 Å². The number of urea groups is 1. The van der Waals surface area contributed by atoms with Crippen molar-refractivity contribution in [2.45, 2.75) is 45.2 Å². The lowest BCUT2D eigenvalue weighted by molar-refractivity contribution is 0.237. The highest BCUT2D eigenvalue weighted by atomic mass is 32.2. The Balaban J connectivity index is 1.75. The second-order valence-electron chi connectivity index (χ2n) is 6.10. The molecule has 2 N–H and O–H groups in total. The first-order valence-electron chi connectivity index (χ1n) is 7.66. The van der Waals surface area contributed by atoms with Crippen LogP contribution in [0.1, 0.15) is 36.5 Å². The molecule has 0 heterocycles. The zero-order valence-electron chi connectivity index (χ0n) is 13.2. The number of carbonyl (C=O) groups is 1. The summed E-state index contributed by atoms with van der Waals surface area (Å²) in [5, 5.41) is 5.58. The maximum atomic E-state index is 11.8. The topological polar surface area (TPSA) is 75.3 Å². The Morgan fingerprint density at radius 2 is 2.00 bits per heavy atom. The van der Waals surface area contributed by atoms with Gasteiger partial charge in [0.1, 0.15) is 9.84 Å². The molecular formula is C16H24N2O3S. The van der Waals surface area contributed by atoms with Crippen molar-refractivity contribution in [3.63, 3.8) is 0 Å². The molecule has 0 saturated carbocycles. The predicted molar refractivity (Wildman–Crippen MR) is 87.6 cm³/mol. The van der Waals surface area contributed by atoms with Gasteiger partial charge >= 0.3 is 6.03 Å². The number of aryl methyl sites for hydroxylation is 2. The standard InChI is InChI=1S/C16H24N2O3S/c1-12(8-9-22(2,20)21)18-16(19)17-11-13-6-7-14-4-3-5-15(14)10-13/h6-7,10,12H,3-5,8-9,11H2,1-2H3,(H2,17,18,19)/t12-/m1/s1. The summed E-state index contributed by atoms with van der Waals surface area (Å²) in [6.07, 6.45) is 5.11. The molecular weight excluding hydrogens is 300 g/mol. The molecule has 2 amide bonds. The lowest BCUT2D eigenvalue weighted by atomic mass is 10.1. The molecule has 0 fully saturated rings. The molecule has 0 aliphatic heterocycles. The smallest absolute Gasteiger partial charge is 0.315 e. The summed E-state index contributed by atoms with van der Waals surface area (Å²) in [7, 11) is -2.99. The Kier molecular flexibility index (Phi) is 5.45. The van der Waals surface area contributed by atoms with Crippen LogP contribution in [0.4, 0.5) is 4.79 Å². The van der Waals surface area contributed by atoms with Crippen molar-refractivity contribution in [3.05, 3.63) is 34.9 Å². The van der Waals surface area contributed by atoms with Crippen LogP contribution in [0.25, 0.3) is 0 Å². The van der Waals surface area contributed by atoms with Crippen LogP contribution in [-0.2, 0) is 29.2 Å². The van der Waals surface area contributed by atoms with Crippen LogP contribution in [0.5, 0.6) is 0 Å². The first-order valence-corrected chi connectivity index (χ1v) is 9.72. The summed E-state index contributed by atoms with van der Waals surface area (Å²) < 4.78 is 22.2. The van der Waals surface area contributed by atoms with Gasteiger partial charge in [0.05, 0.1) is 5.75 Å². The zero-order valence-corrected chi connectivity index (χ0v) is 14.0. The van der Waals surface area contributed by atoms with Gasteiger partial charge in [-0.2, -0.15) is 0 Å². The SMILES string of the molecule is C[C@H](CCS(C)(=O)=O)NC(=O)NCc1ccc2c(c1)CCC2. The second-order valence-corrected chi connectivity index (χ2v) is 8.36. The summed E-state index contributed by atoms with van der Waals surface area (Å²) in [6, 6.07) is 5.93. The molecule has 0 radical (unpaired) electrons. The van der Waals surface area contributed by atoms with Crippen molar-refractivity contribution >= 4 is 15.9 Å². The van der Waals surface area contributed by atoms with Crippen LogP contribution in [0.3, 0.4) is 0 Å². The monoisotopic (exact) mass is 324 g/mol. The molecule has 0 saturated heterocycles. The lowest BCUT2D eigenvalue weighted by Gasteiger charge is -2.14. The number of nitrogens with one attached hydrogen (secondary N) is 2. The van der Waals surface area contributed by atoms with Crippen LogP contribution in [0.15, 0.2) is 18.2 Å². The number of benzene rings is 1. The summed E-state index contributed by atoms with van der Waals surface area (Å²) in [4.78, 5) is 11.8. The number of fused-ring (bicyclic) bond motifs is 1. The van der Waals surface area contributed by atoms with Gasteiger partial charge in [0.2, 0.25) is 0 Å². The average molecular weight is 324 g/mol. The van der Waals surface area contributed by atoms with Gasteiger partial charge < -0.3 is 10.6 Å². The fourth-order valence-corrected chi connectivity index (χ4v) is 3.44. The van der Waals surface area contributed by atoms with Gasteiger partial charge in [-0.15, -0.1) is 0 Å². The van der Waals surface area contributed by atoms with Crippen LogP contribution in [0.2, 0.25) is 0 Å². The Labute approximate surface area is 132 Å². The molecule has 0 unspecified atom stereocenters. The van der Waals surface area contributed by atoms with E-state index in [0.29, 0.717) is 13.0 Å². The van der Waals surface area contributed by atoms with Crippen molar-refractivity contribution in [3.8, 4) is 0 Å². The third-order valence-corrected chi connectivity index (χ3v) is 4.89. The molecule has 122 valence electrons. The van der Waals surface area contributed by atoms with Gasteiger partial charge in [0.15, 0.2) is 0 Å². The van der Waals surface area contributed by atoms with Gasteiger partial charge in [0.25, 0.3) is 0 Å². The minimum absolute atomic E-state index is 0.0826. The molecule has 1 aromatic carbocycles. The third kappa shape index (κ3) is 5.33. The second kappa shape index (κ2) is 7.13. The van der Waals surface area contributed by atoms with E-state index in [1.807, 2.05) is 0 Å². The minimum atomic E-state index is -2.99. The number of sulfone groups is 1. The Bertz CT molecular complexity index is 641. The van der Waals surface area contributed by atoms with Gasteiger partial charge in [-0.3, -0.25) is 0 Å². The zero-order chi connectivity index (χ0) is 16.2. The molecule has 1 atom stereocenters. The van der Waals surface area contributed by atoms with E-state index in [2.05, 4.69) is 28.8 Å². The van der Waals surface area contributed by atoms with E-state index in [1.54, 1.807) is 6.92 Å². The van der Waals surface area contributed by atoms with E-state index in [0.717, 1.165) is 18.4 Å². The Hall–Kier alpha value is -1.56. The molecule has 5 nitrogen and oxygen atoms in total. The molecule has 1 aromatic rings. The molecule has 0 bridgehead atoms. The van der Waals surface area contributed by atoms with Crippen LogP contribution >= 0.6 is 0 Å². The maximum absolute atomic E-state index is 11.8. The normalized spacial score (nSPS) is 15.2. The summed E-state index contributed by atoms with van der Waals surface area (Å²) in [5.74, 6) is 0.0826. The molecule has 1 aliphatic carbocycles. The van der Waals surface area contributed by atoms with Crippen molar-refractivity contribution in [2.24, 2.45) is 0 Å². The molecule has 1 aliphatic rings. The summed E-state index contributed by atoms with van der Waals surface area (Å²) >= 11 is 0. The van der Waals surface area contributed by atoms with Crippen LogP contribution < -0.4 is 10.6 Å². The number of carbonyl (C=O) groups excluding carboxylic acids is 1. The first kappa shape index (κ1) is 16.8. The molecule has 0 aromatic heterocycles. The highest BCUT2D eigenvalue weighted by Crippen LogP contribution is 2.22. The number of amides is 2. The highest BCUT2D eigenvalue weighted by Gasteiger charge is 2.12. The van der Waals surface area contributed by atoms with E-state index in [-0.39, 0.29) is 17.8 Å². The minimum Gasteiger partial charge on any atom is -0.336 e. The van der Waals surface area contributed by atoms with E-state index < -0.39 is 9.84 Å². The molecule has 2 rings (SSSR count). The van der Waals surface area contributed by atoms with Crippen molar-refractivity contribution in [1.82, 2.24) is 10.6 Å². The average Bonchev–Trinajstić information content (AvgIpc) is 2.89. The van der Waals surface area contributed by atoms with Crippen LogP contribution in [0, 0.1) is 0 Å². The lowest BCUT2D eigenvalue weighted by Crippen LogP contribution is -2.41. The Morgan fingerprint density at radius 1 is 1.27 bits per heavy atom. The number of rotatable bonds is 6. The fourth-order valence-electron chi connectivity index (χ4n) is 2.66. The fraction of sp³-hybridized carbons (Fsp3) is 0.562. The van der Waals surface area contributed by atoms with Gasteiger partial charge in [-0.1, -0.05) is 18.2 Å². The number of hydrogen-bond donors (Lipinski definition) is 2. The summed E-state index contributed by atoms with van der Waals surface area (Å²) in [5.41, 5.74) is 3.91. The number of hydrogen-bond acceptors (Lipinski definition) is 3. The van der Waals surface area contributed by atoms with E-state index in [9.17, 15) is 13.2 Å². The highest BCUT2D eigenvalue weighted by molar-refractivity contribution is 7.90. The Morgan fingerprint density at radius 3 is 2.73 bits per heavy atom. The largest absolute Gasteiger partial charge is 0.336 e. The van der Waals surface area contributed by atoms with E-state index in [1.165, 1.54) is 23.8 Å². The van der Waals surface area contributed by atoms with Crippen molar-refractivity contribution in [2.75, 3.05) is 12.0 Å². The molecule has 22 heavy (non-hydrogen) atoms. The predicted octanol–water partition coefficient (Wildman–Crippen LogP) is 1.80. The van der Waals surface area contributed by atoms with Gasteiger partial charge in [-0.05, 0) is 49.3 Å². The van der Waals surface area contributed by atoms with E-state index in [4.69, 9.17) is 0 Å². The van der Waals surface area contributed by atoms with Crippen LogP contribution in [-0.4, -0.2) is 32.5 Å². The van der Waals surface area contributed by atoms with Gasteiger partial charge in [0, 0.05) is 18.8 Å². The maximum Gasteiger partial charge on any atom is 0.315 e. The quantitative estimate of drug-likeness (QED) is 0.838.